The third-order valence-electron chi connectivity index (χ3n) is 2.34. The average molecular weight is 199 g/mol. The zero-order valence-corrected chi connectivity index (χ0v) is 9.52. The van der Waals surface area contributed by atoms with E-state index in [1.54, 1.807) is 11.8 Å². The zero-order valence-electron chi connectivity index (χ0n) is 8.70. The molecule has 0 radical (unpaired) electrons. The summed E-state index contributed by atoms with van der Waals surface area (Å²) in [6, 6.07) is 0. The summed E-state index contributed by atoms with van der Waals surface area (Å²) in [6.07, 6.45) is 5.02. The summed E-state index contributed by atoms with van der Waals surface area (Å²) < 4.78 is 5.66. The van der Waals surface area contributed by atoms with Crippen LogP contribution in [0.25, 0.3) is 0 Å². The first-order valence-electron chi connectivity index (χ1n) is 4.67. The Morgan fingerprint density at radius 3 is 2.77 bits per heavy atom. The molecule has 1 aromatic heterocycles. The molecule has 2 atom stereocenters. The molecule has 0 aliphatic heterocycles. The summed E-state index contributed by atoms with van der Waals surface area (Å²) >= 11 is 1.75. The fourth-order valence-corrected chi connectivity index (χ4v) is 1.33. The van der Waals surface area contributed by atoms with Gasteiger partial charge in [-0.15, -0.1) is 0 Å². The smallest absolute Gasteiger partial charge is 0.207 e. The Morgan fingerprint density at radius 2 is 2.23 bits per heavy atom. The van der Waals surface area contributed by atoms with Crippen molar-refractivity contribution in [3.05, 3.63) is 17.8 Å². The van der Waals surface area contributed by atoms with E-state index in [-0.39, 0.29) is 0 Å². The zero-order chi connectivity index (χ0) is 9.84. The lowest BCUT2D eigenvalue weighted by molar-refractivity contribution is 0.429. The third kappa shape index (κ3) is 2.50. The maximum absolute atomic E-state index is 5.66. The molecule has 0 saturated carbocycles. The van der Waals surface area contributed by atoms with E-state index >= 15 is 0 Å². The van der Waals surface area contributed by atoms with Crippen LogP contribution in [0.5, 0.6) is 0 Å². The Balaban J connectivity index is 2.74. The minimum atomic E-state index is 0.359. The maximum atomic E-state index is 5.66. The van der Waals surface area contributed by atoms with Crippen molar-refractivity contribution < 1.29 is 4.42 Å². The van der Waals surface area contributed by atoms with Crippen molar-refractivity contribution in [1.82, 2.24) is 4.98 Å². The lowest BCUT2D eigenvalue weighted by Gasteiger charge is -2.04. The second-order valence-electron chi connectivity index (χ2n) is 3.29. The number of aromatic nitrogens is 1. The molecule has 3 heteroatoms. The summed E-state index contributed by atoms with van der Waals surface area (Å²) in [7, 11) is 0. The molecule has 0 aliphatic carbocycles. The minimum Gasteiger partial charge on any atom is -0.444 e. The number of nitrogens with zero attached hydrogens (tertiary/aromatic N) is 1. The van der Waals surface area contributed by atoms with Gasteiger partial charge in [-0.3, -0.25) is 0 Å². The van der Waals surface area contributed by atoms with Crippen molar-refractivity contribution in [2.45, 2.75) is 38.4 Å². The maximum Gasteiger partial charge on any atom is 0.207 e. The molecule has 2 unspecified atom stereocenters. The molecule has 0 N–H and O–H groups in total. The van der Waals surface area contributed by atoms with E-state index in [4.69, 9.17) is 4.42 Å². The van der Waals surface area contributed by atoms with Gasteiger partial charge in [0.05, 0.1) is 11.4 Å². The van der Waals surface area contributed by atoms with Crippen LogP contribution in [0.4, 0.5) is 0 Å². The monoisotopic (exact) mass is 199 g/mol. The molecular weight excluding hydrogens is 182 g/mol. The molecular formula is C10H17NOS. The first-order valence-corrected chi connectivity index (χ1v) is 5.96. The van der Waals surface area contributed by atoms with Crippen LogP contribution in [0.1, 0.15) is 50.0 Å². The molecule has 1 heterocycles. The highest BCUT2D eigenvalue weighted by molar-refractivity contribution is 7.98. The summed E-state index contributed by atoms with van der Waals surface area (Å²) in [5, 5.41) is 0.359. The molecule has 0 aromatic carbocycles. The molecule has 13 heavy (non-hydrogen) atoms. The number of oxazole rings is 1. The molecule has 0 amide bonds. The lowest BCUT2D eigenvalue weighted by Crippen LogP contribution is -1.88. The first-order chi connectivity index (χ1) is 6.19. The van der Waals surface area contributed by atoms with E-state index < -0.39 is 0 Å². The quantitative estimate of drug-likeness (QED) is 0.741. The van der Waals surface area contributed by atoms with Crippen LogP contribution in [0.15, 0.2) is 10.6 Å². The topological polar surface area (TPSA) is 26.0 Å². The highest BCUT2D eigenvalue weighted by atomic mass is 32.2. The molecule has 1 aromatic rings. The van der Waals surface area contributed by atoms with Gasteiger partial charge < -0.3 is 4.42 Å². The van der Waals surface area contributed by atoms with Gasteiger partial charge >= 0.3 is 0 Å². The van der Waals surface area contributed by atoms with E-state index in [1.807, 2.05) is 6.20 Å². The van der Waals surface area contributed by atoms with E-state index in [2.05, 4.69) is 32.0 Å². The minimum absolute atomic E-state index is 0.359. The second-order valence-corrected chi connectivity index (χ2v) is 4.47. The predicted molar refractivity (Wildman–Crippen MR) is 57.1 cm³/mol. The van der Waals surface area contributed by atoms with Crippen molar-refractivity contribution in [2.75, 3.05) is 6.26 Å². The largest absolute Gasteiger partial charge is 0.444 e. The number of hydrogen-bond donors (Lipinski definition) is 0. The highest BCUT2D eigenvalue weighted by Gasteiger charge is 2.13. The molecule has 0 bridgehead atoms. The number of thioether (sulfide) groups is 1. The first kappa shape index (κ1) is 10.6. The van der Waals surface area contributed by atoms with Crippen molar-refractivity contribution in [3.8, 4) is 0 Å². The Bertz CT molecular complexity index is 235. The van der Waals surface area contributed by atoms with Gasteiger partial charge in [0, 0.05) is 5.92 Å². The van der Waals surface area contributed by atoms with Crippen molar-refractivity contribution >= 4 is 11.8 Å². The van der Waals surface area contributed by atoms with Gasteiger partial charge in [0.25, 0.3) is 0 Å². The van der Waals surface area contributed by atoms with Gasteiger partial charge in [-0.1, -0.05) is 13.8 Å². The van der Waals surface area contributed by atoms with E-state index in [9.17, 15) is 0 Å². The highest BCUT2D eigenvalue weighted by Crippen LogP contribution is 2.28. The van der Waals surface area contributed by atoms with Crippen LogP contribution in [0.3, 0.4) is 0 Å². The van der Waals surface area contributed by atoms with E-state index in [0.717, 1.165) is 18.1 Å². The van der Waals surface area contributed by atoms with Gasteiger partial charge in [-0.2, -0.15) is 11.8 Å². The van der Waals surface area contributed by atoms with Gasteiger partial charge in [0.1, 0.15) is 5.76 Å². The van der Waals surface area contributed by atoms with Crippen LogP contribution in [-0.4, -0.2) is 11.2 Å². The Labute approximate surface area is 84.1 Å². The molecule has 74 valence electrons. The molecule has 0 spiro atoms. The predicted octanol–water partition coefficient (Wildman–Crippen LogP) is 3.61. The lowest BCUT2D eigenvalue weighted by atomic mass is 10.1. The molecule has 2 nitrogen and oxygen atoms in total. The van der Waals surface area contributed by atoms with Gasteiger partial charge in [0.15, 0.2) is 0 Å². The fourth-order valence-electron chi connectivity index (χ4n) is 1.02. The standard InChI is InChI=1S/C10H17NOS/c1-5-7(2)9-6-11-10(12-9)8(3)13-4/h6-8H,5H2,1-4H3. The molecule has 0 fully saturated rings. The summed E-state index contributed by atoms with van der Waals surface area (Å²) in [6.45, 7) is 6.43. The second kappa shape index (κ2) is 4.70. The summed E-state index contributed by atoms with van der Waals surface area (Å²) in [5.74, 6) is 2.34. The Kier molecular flexibility index (Phi) is 3.85. The summed E-state index contributed by atoms with van der Waals surface area (Å²) in [5.41, 5.74) is 0. The SMILES string of the molecule is CCC(C)c1cnc(C(C)SC)o1. The van der Waals surface area contributed by atoms with Gasteiger partial charge in [0.2, 0.25) is 5.89 Å². The van der Waals surface area contributed by atoms with Crippen LogP contribution < -0.4 is 0 Å². The van der Waals surface area contributed by atoms with Crippen LogP contribution >= 0.6 is 11.8 Å². The van der Waals surface area contributed by atoms with Gasteiger partial charge in [-0.25, -0.2) is 4.98 Å². The van der Waals surface area contributed by atoms with Crippen LogP contribution in [0.2, 0.25) is 0 Å². The normalized spacial score (nSPS) is 15.7. The van der Waals surface area contributed by atoms with Crippen molar-refractivity contribution in [3.63, 3.8) is 0 Å². The van der Waals surface area contributed by atoms with Gasteiger partial charge in [-0.05, 0) is 19.6 Å². The average Bonchev–Trinajstić information content (AvgIpc) is 2.64. The van der Waals surface area contributed by atoms with Crippen LogP contribution in [-0.2, 0) is 0 Å². The fraction of sp³-hybridized carbons (Fsp3) is 0.700. The van der Waals surface area contributed by atoms with E-state index in [1.165, 1.54) is 0 Å². The summed E-state index contributed by atoms with van der Waals surface area (Å²) in [4.78, 5) is 4.27. The van der Waals surface area contributed by atoms with Crippen molar-refractivity contribution in [1.29, 1.82) is 0 Å². The Morgan fingerprint density at radius 1 is 1.54 bits per heavy atom. The number of rotatable bonds is 4. The van der Waals surface area contributed by atoms with Crippen molar-refractivity contribution in [2.24, 2.45) is 0 Å². The molecule has 0 saturated heterocycles. The number of hydrogen-bond acceptors (Lipinski definition) is 3. The van der Waals surface area contributed by atoms with E-state index in [0.29, 0.717) is 11.2 Å². The Hall–Kier alpha value is -0.440. The van der Waals surface area contributed by atoms with Crippen LogP contribution in [0, 0.1) is 0 Å². The third-order valence-corrected chi connectivity index (χ3v) is 3.25. The molecule has 1 rings (SSSR count). The molecule has 0 aliphatic rings.